The van der Waals surface area contributed by atoms with Crippen LogP contribution in [0, 0.1) is 11.8 Å². The summed E-state index contributed by atoms with van der Waals surface area (Å²) in [4.78, 5) is 54.8. The quantitative estimate of drug-likeness (QED) is 0.539. The summed E-state index contributed by atoms with van der Waals surface area (Å²) in [5.41, 5.74) is 5.59. The van der Waals surface area contributed by atoms with Crippen molar-refractivity contribution in [3.8, 4) is 0 Å². The van der Waals surface area contributed by atoms with Crippen LogP contribution in [0.1, 0.15) is 50.9 Å². The molecule has 34 heavy (non-hydrogen) atoms. The van der Waals surface area contributed by atoms with E-state index in [9.17, 15) is 19.2 Å². The molecule has 0 bridgehead atoms. The minimum Gasteiger partial charge on any atom is -0.383 e. The van der Waals surface area contributed by atoms with Gasteiger partial charge in [0.1, 0.15) is 11.9 Å². The third-order valence-corrected chi connectivity index (χ3v) is 5.42. The fourth-order valence-corrected chi connectivity index (χ4v) is 3.92. The monoisotopic (exact) mass is 471 g/mol. The molecule has 0 aliphatic carbocycles. The standard InChI is InChI=1S/C24H33N5O5/c1-14(2)12-28(19-20(25)29(13-15(3)4)24(33)27-22(19)31)23(32)16-7-5-8-17(11-16)26-21(30)18-9-6-10-34-18/h5,7-8,11,14-15,18H,6,9-10,12-13,25H2,1-4H3,(H,26,30)(H,27,31,33). The summed E-state index contributed by atoms with van der Waals surface area (Å²) in [7, 11) is 0. The Labute approximate surface area is 198 Å². The highest BCUT2D eigenvalue weighted by Gasteiger charge is 2.27. The van der Waals surface area contributed by atoms with Gasteiger partial charge in [-0.2, -0.15) is 0 Å². The van der Waals surface area contributed by atoms with Gasteiger partial charge in [-0.1, -0.05) is 33.8 Å². The number of amides is 2. The molecule has 2 amide bonds. The number of nitrogens with one attached hydrogen (secondary N) is 2. The number of nitrogens with zero attached hydrogens (tertiary/aromatic N) is 2. The Balaban J connectivity index is 1.98. The Morgan fingerprint density at radius 2 is 1.97 bits per heavy atom. The van der Waals surface area contributed by atoms with Crippen LogP contribution in [0.3, 0.4) is 0 Å². The van der Waals surface area contributed by atoms with Crippen molar-refractivity contribution >= 4 is 29.0 Å². The zero-order chi connectivity index (χ0) is 25.0. The Kier molecular flexibility index (Phi) is 7.93. The molecule has 10 heteroatoms. The molecule has 1 fully saturated rings. The lowest BCUT2D eigenvalue weighted by Crippen LogP contribution is -2.43. The van der Waals surface area contributed by atoms with E-state index in [0.29, 0.717) is 25.3 Å². The average molecular weight is 472 g/mol. The highest BCUT2D eigenvalue weighted by atomic mass is 16.5. The van der Waals surface area contributed by atoms with Crippen LogP contribution < -0.4 is 27.2 Å². The topological polar surface area (TPSA) is 140 Å². The molecule has 2 heterocycles. The van der Waals surface area contributed by atoms with Gasteiger partial charge in [-0.3, -0.25) is 23.9 Å². The fourth-order valence-electron chi connectivity index (χ4n) is 3.92. The molecule has 1 aliphatic rings. The van der Waals surface area contributed by atoms with E-state index in [-0.39, 0.29) is 41.4 Å². The third-order valence-electron chi connectivity index (χ3n) is 5.42. The zero-order valence-electron chi connectivity index (χ0n) is 20.1. The normalized spacial score (nSPS) is 15.6. The van der Waals surface area contributed by atoms with E-state index in [1.807, 2.05) is 27.7 Å². The molecule has 1 saturated heterocycles. The lowest BCUT2D eigenvalue weighted by atomic mass is 10.1. The molecule has 3 rings (SSSR count). The molecule has 0 saturated carbocycles. The van der Waals surface area contributed by atoms with Gasteiger partial charge < -0.3 is 20.7 Å². The van der Waals surface area contributed by atoms with Crippen molar-refractivity contribution in [2.24, 2.45) is 11.8 Å². The van der Waals surface area contributed by atoms with E-state index in [1.54, 1.807) is 24.3 Å². The Hall–Kier alpha value is -3.40. The van der Waals surface area contributed by atoms with Gasteiger partial charge in [-0.15, -0.1) is 0 Å². The second-order valence-electron chi connectivity index (χ2n) is 9.38. The summed E-state index contributed by atoms with van der Waals surface area (Å²) >= 11 is 0. The van der Waals surface area contributed by atoms with E-state index >= 15 is 0 Å². The van der Waals surface area contributed by atoms with Crippen molar-refractivity contribution in [1.29, 1.82) is 0 Å². The maximum atomic E-state index is 13.6. The first kappa shape index (κ1) is 25.2. The minimum absolute atomic E-state index is 0.00984. The Bertz CT molecular complexity index is 1160. The largest absolute Gasteiger partial charge is 0.383 e. The number of aromatic amines is 1. The number of nitrogens with two attached hydrogens (primary N) is 1. The number of hydrogen-bond donors (Lipinski definition) is 3. The number of rotatable bonds is 8. The molecule has 1 aromatic carbocycles. The number of anilines is 3. The molecule has 1 aliphatic heterocycles. The predicted molar refractivity (Wildman–Crippen MR) is 131 cm³/mol. The fraction of sp³-hybridized carbons (Fsp3) is 0.500. The molecular weight excluding hydrogens is 438 g/mol. The molecule has 1 atom stereocenters. The van der Waals surface area contributed by atoms with Crippen LogP contribution >= 0.6 is 0 Å². The van der Waals surface area contributed by atoms with Crippen molar-refractivity contribution in [3.63, 3.8) is 0 Å². The number of carbonyl (C=O) groups is 2. The van der Waals surface area contributed by atoms with Gasteiger partial charge in [0.2, 0.25) is 0 Å². The first-order chi connectivity index (χ1) is 16.1. The Morgan fingerprint density at radius 3 is 2.59 bits per heavy atom. The van der Waals surface area contributed by atoms with Crippen LogP contribution in [-0.2, 0) is 16.1 Å². The lowest BCUT2D eigenvalue weighted by molar-refractivity contribution is -0.124. The van der Waals surface area contributed by atoms with Crippen molar-refractivity contribution < 1.29 is 14.3 Å². The summed E-state index contributed by atoms with van der Waals surface area (Å²) in [5, 5.41) is 2.79. The number of H-pyrrole nitrogens is 1. The SMILES string of the molecule is CC(C)CN(C(=O)c1cccc(NC(=O)C2CCCO2)c1)c1c(N)n(CC(C)C)c(=O)[nH]c1=O. The predicted octanol–water partition coefficient (Wildman–Crippen LogP) is 2.20. The number of ether oxygens (including phenoxy) is 1. The summed E-state index contributed by atoms with van der Waals surface area (Å²) in [6, 6.07) is 6.49. The molecule has 0 spiro atoms. The molecule has 0 radical (unpaired) electrons. The number of hydrogen-bond acceptors (Lipinski definition) is 6. The van der Waals surface area contributed by atoms with Gasteiger partial charge in [-0.05, 0) is 42.9 Å². The summed E-state index contributed by atoms with van der Waals surface area (Å²) < 4.78 is 6.69. The van der Waals surface area contributed by atoms with Crippen LogP contribution in [-0.4, -0.2) is 40.6 Å². The van der Waals surface area contributed by atoms with Crippen LogP contribution in [0.15, 0.2) is 33.9 Å². The highest BCUT2D eigenvalue weighted by Crippen LogP contribution is 2.23. The van der Waals surface area contributed by atoms with Gasteiger partial charge in [0.05, 0.1) is 0 Å². The molecule has 1 unspecified atom stereocenters. The summed E-state index contributed by atoms with van der Waals surface area (Å²) in [6.07, 6.45) is 0.980. The molecule has 1 aromatic heterocycles. The van der Waals surface area contributed by atoms with E-state index < -0.39 is 23.3 Å². The van der Waals surface area contributed by atoms with Gasteiger partial charge in [0.15, 0.2) is 5.69 Å². The van der Waals surface area contributed by atoms with Crippen molar-refractivity contribution in [2.75, 3.05) is 29.1 Å². The number of carbonyl (C=O) groups excluding carboxylic acids is 2. The van der Waals surface area contributed by atoms with Gasteiger partial charge in [-0.25, -0.2) is 4.79 Å². The number of benzene rings is 1. The number of nitrogen functional groups attached to an aromatic ring is 1. The third kappa shape index (κ3) is 5.74. The summed E-state index contributed by atoms with van der Waals surface area (Å²) in [5.74, 6) is -0.677. The first-order valence-electron chi connectivity index (χ1n) is 11.6. The van der Waals surface area contributed by atoms with Crippen LogP contribution in [0.2, 0.25) is 0 Å². The van der Waals surface area contributed by atoms with Crippen molar-refractivity contribution in [3.05, 3.63) is 50.7 Å². The Morgan fingerprint density at radius 1 is 1.24 bits per heavy atom. The van der Waals surface area contributed by atoms with E-state index in [0.717, 1.165) is 6.42 Å². The molecule has 184 valence electrons. The van der Waals surface area contributed by atoms with Crippen molar-refractivity contribution in [2.45, 2.75) is 53.2 Å². The highest BCUT2D eigenvalue weighted by molar-refractivity contribution is 6.08. The van der Waals surface area contributed by atoms with Gasteiger partial charge >= 0.3 is 5.69 Å². The lowest BCUT2D eigenvalue weighted by Gasteiger charge is -2.26. The number of aromatic nitrogens is 2. The summed E-state index contributed by atoms with van der Waals surface area (Å²) in [6.45, 7) is 8.71. The second kappa shape index (κ2) is 10.7. The van der Waals surface area contributed by atoms with Crippen molar-refractivity contribution in [1.82, 2.24) is 9.55 Å². The van der Waals surface area contributed by atoms with Crippen LogP contribution in [0.25, 0.3) is 0 Å². The second-order valence-corrected chi connectivity index (χ2v) is 9.38. The van der Waals surface area contributed by atoms with Crippen LogP contribution in [0.5, 0.6) is 0 Å². The van der Waals surface area contributed by atoms with E-state index in [2.05, 4.69) is 10.3 Å². The average Bonchev–Trinajstić information content (AvgIpc) is 3.30. The maximum absolute atomic E-state index is 13.6. The molecule has 2 aromatic rings. The maximum Gasteiger partial charge on any atom is 0.330 e. The first-order valence-corrected chi connectivity index (χ1v) is 11.6. The van der Waals surface area contributed by atoms with E-state index in [4.69, 9.17) is 10.5 Å². The smallest absolute Gasteiger partial charge is 0.330 e. The molecular formula is C24H33N5O5. The van der Waals surface area contributed by atoms with Gasteiger partial charge in [0.25, 0.3) is 17.4 Å². The minimum atomic E-state index is -0.723. The van der Waals surface area contributed by atoms with Crippen LogP contribution in [0.4, 0.5) is 17.2 Å². The molecule has 4 N–H and O–H groups in total. The molecule has 10 nitrogen and oxygen atoms in total. The van der Waals surface area contributed by atoms with Gasteiger partial charge in [0, 0.05) is 30.9 Å². The van der Waals surface area contributed by atoms with E-state index in [1.165, 1.54) is 9.47 Å². The zero-order valence-corrected chi connectivity index (χ0v) is 20.1.